The first-order valence-electron chi connectivity index (χ1n) is 4.62. The summed E-state index contributed by atoms with van der Waals surface area (Å²) >= 11 is 0. The minimum absolute atomic E-state index is 0.0422. The normalized spacial score (nSPS) is 12.7. The number of esters is 2. The Morgan fingerprint density at radius 2 is 2.06 bits per heavy atom. The fourth-order valence-corrected chi connectivity index (χ4v) is 1.66. The Balaban J connectivity index is 2.67. The van der Waals surface area contributed by atoms with Crippen molar-refractivity contribution in [1.82, 2.24) is 0 Å². The molecular weight excluding hydrogens is 224 g/mol. The Kier molecular flexibility index (Phi) is 2.60. The van der Waals surface area contributed by atoms with Gasteiger partial charge in [-0.1, -0.05) is 17.2 Å². The minimum Gasteiger partial charge on any atom is -0.386 e. The van der Waals surface area contributed by atoms with Crippen molar-refractivity contribution in [3.8, 4) is 0 Å². The van der Waals surface area contributed by atoms with Crippen molar-refractivity contribution in [2.45, 2.75) is 6.54 Å². The van der Waals surface area contributed by atoms with Crippen molar-refractivity contribution in [2.24, 2.45) is 5.11 Å². The van der Waals surface area contributed by atoms with Gasteiger partial charge < -0.3 is 10.1 Å². The van der Waals surface area contributed by atoms with Gasteiger partial charge in [0.25, 0.3) is 0 Å². The summed E-state index contributed by atoms with van der Waals surface area (Å²) in [6, 6.07) is 3.04. The van der Waals surface area contributed by atoms with Crippen LogP contribution < -0.4 is 0 Å². The molecule has 0 aliphatic carbocycles. The Bertz CT molecular complexity index is 587. The number of nitrogens with one attached hydrogen (secondary N) is 1. The second kappa shape index (κ2) is 4.07. The fraction of sp³-hybridized carbons (Fsp3) is 0.100. The Morgan fingerprint density at radius 1 is 1.35 bits per heavy atom. The summed E-state index contributed by atoms with van der Waals surface area (Å²) in [6.07, 6.45) is 0.968. The summed E-state index contributed by atoms with van der Waals surface area (Å²) in [4.78, 5) is 25.5. The predicted octanol–water partition coefficient (Wildman–Crippen LogP) is 1.81. The monoisotopic (exact) mass is 230 g/mol. The zero-order chi connectivity index (χ0) is 12.4. The number of rotatable bonds is 3. The Morgan fingerprint density at radius 3 is 2.71 bits per heavy atom. The molecule has 0 amide bonds. The third-order valence-corrected chi connectivity index (χ3v) is 2.38. The number of carbonyl (C=O) groups excluding carboxylic acids is 2. The van der Waals surface area contributed by atoms with E-state index < -0.39 is 11.9 Å². The molecule has 0 bridgehead atoms. The minimum atomic E-state index is -0.772. The van der Waals surface area contributed by atoms with Gasteiger partial charge in [0.15, 0.2) is 0 Å². The van der Waals surface area contributed by atoms with E-state index in [2.05, 4.69) is 14.8 Å². The van der Waals surface area contributed by atoms with Gasteiger partial charge in [0.05, 0.1) is 17.7 Å². The number of hydrogen-bond donors (Lipinski definition) is 1. The SMILES string of the molecule is [N-]=[N+]=NCc1ccc(C=N)c2c1C(=O)OC2=O. The molecule has 1 aromatic carbocycles. The first kappa shape index (κ1) is 10.8. The lowest BCUT2D eigenvalue weighted by Crippen LogP contribution is -2.02. The van der Waals surface area contributed by atoms with Crippen LogP contribution in [0.1, 0.15) is 31.8 Å². The van der Waals surface area contributed by atoms with E-state index in [0.717, 1.165) is 6.21 Å². The lowest BCUT2D eigenvalue weighted by molar-refractivity contribution is 0.0443. The van der Waals surface area contributed by atoms with Crippen LogP contribution in [0.2, 0.25) is 0 Å². The lowest BCUT2D eigenvalue weighted by atomic mass is 9.98. The molecule has 1 N–H and O–H groups in total. The molecule has 1 aromatic rings. The quantitative estimate of drug-likeness (QED) is 0.213. The van der Waals surface area contributed by atoms with E-state index in [1.807, 2.05) is 0 Å². The molecule has 1 heterocycles. The largest absolute Gasteiger partial charge is 0.386 e. The molecule has 0 atom stereocenters. The van der Waals surface area contributed by atoms with Crippen LogP contribution in [0.25, 0.3) is 10.4 Å². The van der Waals surface area contributed by atoms with Crippen molar-refractivity contribution in [3.63, 3.8) is 0 Å². The highest BCUT2D eigenvalue weighted by atomic mass is 16.6. The van der Waals surface area contributed by atoms with Crippen LogP contribution in [0.5, 0.6) is 0 Å². The van der Waals surface area contributed by atoms with E-state index in [0.29, 0.717) is 11.1 Å². The molecule has 7 heteroatoms. The van der Waals surface area contributed by atoms with Gasteiger partial charge in [-0.05, 0) is 11.1 Å². The van der Waals surface area contributed by atoms with Crippen LogP contribution in [-0.4, -0.2) is 18.2 Å². The molecule has 17 heavy (non-hydrogen) atoms. The molecular formula is C10H6N4O3. The first-order chi connectivity index (χ1) is 8.19. The molecule has 1 aliphatic rings. The summed E-state index contributed by atoms with van der Waals surface area (Å²) in [5.41, 5.74) is 9.11. The number of cyclic esters (lactones) is 2. The van der Waals surface area contributed by atoms with Crippen LogP contribution >= 0.6 is 0 Å². The molecule has 2 rings (SSSR count). The summed E-state index contributed by atoms with van der Waals surface area (Å²) in [6.45, 7) is -0.0422. The zero-order valence-corrected chi connectivity index (χ0v) is 8.51. The second-order valence-corrected chi connectivity index (χ2v) is 3.27. The maximum Gasteiger partial charge on any atom is 0.347 e. The highest BCUT2D eigenvalue weighted by molar-refractivity contribution is 6.18. The Hall–Kier alpha value is -2.66. The van der Waals surface area contributed by atoms with Gasteiger partial charge in [0.2, 0.25) is 0 Å². The van der Waals surface area contributed by atoms with Crippen molar-refractivity contribution in [2.75, 3.05) is 0 Å². The molecule has 7 nitrogen and oxygen atoms in total. The topological polar surface area (TPSA) is 116 Å². The summed E-state index contributed by atoms with van der Waals surface area (Å²) in [5, 5.41) is 10.5. The maximum atomic E-state index is 11.5. The zero-order valence-electron chi connectivity index (χ0n) is 8.51. The van der Waals surface area contributed by atoms with E-state index in [4.69, 9.17) is 10.9 Å². The third kappa shape index (κ3) is 1.64. The maximum absolute atomic E-state index is 11.5. The van der Waals surface area contributed by atoms with Gasteiger partial charge in [0, 0.05) is 16.7 Å². The number of ether oxygens (including phenoxy) is 1. The van der Waals surface area contributed by atoms with Gasteiger partial charge in [-0.25, -0.2) is 9.59 Å². The predicted molar refractivity (Wildman–Crippen MR) is 56.9 cm³/mol. The summed E-state index contributed by atoms with van der Waals surface area (Å²) in [5.74, 6) is -1.54. The smallest absolute Gasteiger partial charge is 0.347 e. The second-order valence-electron chi connectivity index (χ2n) is 3.27. The summed E-state index contributed by atoms with van der Waals surface area (Å²) < 4.78 is 4.48. The summed E-state index contributed by atoms with van der Waals surface area (Å²) in [7, 11) is 0. The first-order valence-corrected chi connectivity index (χ1v) is 4.62. The van der Waals surface area contributed by atoms with E-state index >= 15 is 0 Å². The van der Waals surface area contributed by atoms with E-state index in [1.54, 1.807) is 0 Å². The average molecular weight is 230 g/mol. The number of hydrogen-bond acceptors (Lipinski definition) is 5. The van der Waals surface area contributed by atoms with E-state index in [1.165, 1.54) is 12.1 Å². The number of benzene rings is 1. The third-order valence-electron chi connectivity index (χ3n) is 2.38. The molecule has 84 valence electrons. The average Bonchev–Trinajstić information content (AvgIpc) is 2.63. The van der Waals surface area contributed by atoms with Crippen molar-refractivity contribution >= 4 is 18.2 Å². The van der Waals surface area contributed by atoms with Crippen LogP contribution in [0.3, 0.4) is 0 Å². The number of fused-ring (bicyclic) bond motifs is 1. The van der Waals surface area contributed by atoms with E-state index in [9.17, 15) is 9.59 Å². The number of nitrogens with zero attached hydrogens (tertiary/aromatic N) is 3. The van der Waals surface area contributed by atoms with Gasteiger partial charge in [-0.15, -0.1) is 0 Å². The van der Waals surface area contributed by atoms with Crippen molar-refractivity contribution < 1.29 is 14.3 Å². The number of carbonyl (C=O) groups is 2. The van der Waals surface area contributed by atoms with Gasteiger partial charge in [-0.3, -0.25) is 0 Å². The van der Waals surface area contributed by atoms with Crippen LogP contribution in [0, 0.1) is 5.41 Å². The standard InChI is InChI=1S/C10H6N4O3/c11-3-5-1-2-6(4-13-14-12)8-7(5)9(15)17-10(8)16/h1-3,11H,4H2. The highest BCUT2D eigenvalue weighted by Crippen LogP contribution is 2.27. The fourth-order valence-electron chi connectivity index (χ4n) is 1.66. The van der Waals surface area contributed by atoms with Gasteiger partial charge >= 0.3 is 11.9 Å². The molecule has 0 spiro atoms. The van der Waals surface area contributed by atoms with Gasteiger partial charge in [0.1, 0.15) is 0 Å². The highest BCUT2D eigenvalue weighted by Gasteiger charge is 2.34. The van der Waals surface area contributed by atoms with Crippen LogP contribution in [0.4, 0.5) is 0 Å². The van der Waals surface area contributed by atoms with Crippen LogP contribution in [-0.2, 0) is 11.3 Å². The lowest BCUT2D eigenvalue weighted by Gasteiger charge is -2.03. The van der Waals surface area contributed by atoms with Crippen molar-refractivity contribution in [3.05, 3.63) is 44.8 Å². The number of azide groups is 1. The molecule has 0 saturated carbocycles. The molecule has 0 saturated heterocycles. The molecule has 1 aliphatic heterocycles. The van der Waals surface area contributed by atoms with Crippen LogP contribution in [0.15, 0.2) is 17.2 Å². The molecule has 0 fully saturated rings. The van der Waals surface area contributed by atoms with E-state index in [-0.39, 0.29) is 17.7 Å². The van der Waals surface area contributed by atoms with Gasteiger partial charge in [-0.2, -0.15) is 0 Å². The molecule has 0 unspecified atom stereocenters. The molecule has 0 aromatic heterocycles. The van der Waals surface area contributed by atoms with Crippen molar-refractivity contribution in [1.29, 1.82) is 5.41 Å². The Labute approximate surface area is 95.1 Å². The molecule has 0 radical (unpaired) electrons.